The van der Waals surface area contributed by atoms with Gasteiger partial charge in [0.25, 0.3) is 12.2 Å². The van der Waals surface area contributed by atoms with E-state index in [1.165, 1.54) is 11.0 Å². The van der Waals surface area contributed by atoms with E-state index in [1.54, 1.807) is 54.5 Å². The van der Waals surface area contributed by atoms with E-state index < -0.39 is 0 Å². The third kappa shape index (κ3) is 3.32. The van der Waals surface area contributed by atoms with Gasteiger partial charge in [0, 0.05) is 21.8 Å². The fraction of sp³-hybridized carbons (Fsp3) is 0.0588. The molecular weight excluding hydrogens is 292 g/mol. The van der Waals surface area contributed by atoms with Crippen LogP contribution in [0, 0.1) is 0 Å². The van der Waals surface area contributed by atoms with Crippen LogP contribution in [0.2, 0.25) is 0 Å². The van der Waals surface area contributed by atoms with E-state index >= 15 is 0 Å². The number of benzene rings is 2. The first-order valence-corrected chi connectivity index (χ1v) is 7.04. The minimum Gasteiger partial charge on any atom is -0.289 e. The lowest BCUT2D eigenvalue weighted by atomic mass is 10.0. The van der Waals surface area contributed by atoms with Gasteiger partial charge in [0.15, 0.2) is 5.78 Å². The van der Waals surface area contributed by atoms with Crippen LogP contribution in [0.25, 0.3) is 0 Å². The fourth-order valence-corrected chi connectivity index (χ4v) is 2.15. The largest absolute Gasteiger partial charge is 0.289 e. The SMILES string of the molecule is Cn1c[n+](NC(=O)c2ccc(C(=O)c3ccccc3)cc2)cn1. The van der Waals surface area contributed by atoms with Gasteiger partial charge in [0.2, 0.25) is 6.33 Å². The van der Waals surface area contributed by atoms with Crippen LogP contribution in [-0.4, -0.2) is 21.5 Å². The molecule has 23 heavy (non-hydrogen) atoms. The maximum atomic E-state index is 12.3. The molecule has 3 aromatic rings. The number of ketones is 1. The van der Waals surface area contributed by atoms with E-state index in [9.17, 15) is 9.59 Å². The number of hydrogen-bond donors (Lipinski definition) is 1. The molecule has 0 atom stereocenters. The average Bonchev–Trinajstić information content (AvgIpc) is 3.00. The molecule has 0 spiro atoms. The van der Waals surface area contributed by atoms with Crippen LogP contribution >= 0.6 is 0 Å². The molecule has 1 N–H and O–H groups in total. The summed E-state index contributed by atoms with van der Waals surface area (Å²) in [6.07, 6.45) is 3.12. The highest BCUT2D eigenvalue weighted by molar-refractivity contribution is 6.09. The summed E-state index contributed by atoms with van der Waals surface area (Å²) in [5, 5.41) is 3.95. The van der Waals surface area contributed by atoms with Crippen molar-refractivity contribution in [1.29, 1.82) is 0 Å². The molecule has 0 unspecified atom stereocenters. The van der Waals surface area contributed by atoms with Crippen molar-refractivity contribution >= 4 is 11.7 Å². The molecule has 0 aliphatic rings. The Morgan fingerprint density at radius 1 is 0.957 bits per heavy atom. The standard InChI is InChI=1S/C17H14N4O2/c1-20-12-21(11-18-20)19-17(23)15-9-7-14(8-10-15)16(22)13-5-3-2-4-6-13/h2-12H,1H3/p+1. The molecule has 0 saturated carbocycles. The minimum absolute atomic E-state index is 0.0702. The predicted molar refractivity (Wildman–Crippen MR) is 83.4 cm³/mol. The topological polar surface area (TPSA) is 67.9 Å². The number of aryl methyl sites for hydroxylation is 1. The highest BCUT2D eigenvalue weighted by Crippen LogP contribution is 2.11. The van der Waals surface area contributed by atoms with Gasteiger partial charge in [-0.3, -0.25) is 9.59 Å². The zero-order chi connectivity index (χ0) is 16.2. The third-order valence-electron chi connectivity index (χ3n) is 3.33. The molecule has 0 fully saturated rings. The van der Waals surface area contributed by atoms with Gasteiger partial charge < -0.3 is 0 Å². The second-order valence-electron chi connectivity index (χ2n) is 5.04. The molecule has 0 saturated heterocycles. The summed E-state index contributed by atoms with van der Waals surface area (Å²) in [6.45, 7) is 0. The van der Waals surface area contributed by atoms with Crippen LogP contribution in [0.3, 0.4) is 0 Å². The summed E-state index contributed by atoms with van der Waals surface area (Å²) in [6, 6.07) is 15.6. The first kappa shape index (κ1) is 14.6. The molecule has 2 aromatic carbocycles. The summed E-state index contributed by atoms with van der Waals surface area (Å²) >= 11 is 0. The zero-order valence-electron chi connectivity index (χ0n) is 12.5. The van der Waals surface area contributed by atoms with E-state index in [4.69, 9.17) is 0 Å². The number of nitrogens with zero attached hydrogens (tertiary/aromatic N) is 3. The second-order valence-corrected chi connectivity index (χ2v) is 5.04. The number of aromatic nitrogens is 3. The second kappa shape index (κ2) is 6.23. The summed E-state index contributed by atoms with van der Waals surface area (Å²) in [5.74, 6) is -0.346. The number of nitrogens with one attached hydrogen (secondary N) is 1. The smallest absolute Gasteiger partial charge is 0.287 e. The maximum Gasteiger partial charge on any atom is 0.287 e. The van der Waals surface area contributed by atoms with Crippen molar-refractivity contribution in [2.24, 2.45) is 7.05 Å². The average molecular weight is 307 g/mol. The highest BCUT2D eigenvalue weighted by atomic mass is 16.2. The van der Waals surface area contributed by atoms with Gasteiger partial charge in [-0.15, -0.1) is 9.36 Å². The Kier molecular flexibility index (Phi) is 3.97. The van der Waals surface area contributed by atoms with E-state index in [-0.39, 0.29) is 11.7 Å². The Morgan fingerprint density at radius 3 is 2.17 bits per heavy atom. The van der Waals surface area contributed by atoms with Crippen LogP contribution < -0.4 is 10.1 Å². The van der Waals surface area contributed by atoms with Crippen molar-refractivity contribution in [2.75, 3.05) is 5.43 Å². The molecule has 0 aliphatic heterocycles. The molecule has 6 heteroatoms. The van der Waals surface area contributed by atoms with E-state index in [0.29, 0.717) is 16.7 Å². The summed E-state index contributed by atoms with van der Waals surface area (Å²) in [5.41, 5.74) is 4.30. The van der Waals surface area contributed by atoms with Crippen LogP contribution in [0.15, 0.2) is 67.3 Å². The monoisotopic (exact) mass is 307 g/mol. The van der Waals surface area contributed by atoms with Crippen molar-refractivity contribution in [3.63, 3.8) is 0 Å². The summed E-state index contributed by atoms with van der Waals surface area (Å²) in [4.78, 5) is 24.4. The summed E-state index contributed by atoms with van der Waals surface area (Å²) < 4.78 is 3.03. The molecule has 6 nitrogen and oxygen atoms in total. The minimum atomic E-state index is -0.276. The number of amides is 1. The van der Waals surface area contributed by atoms with Gasteiger partial charge in [-0.2, -0.15) is 0 Å². The predicted octanol–water partition coefficient (Wildman–Crippen LogP) is 1.32. The van der Waals surface area contributed by atoms with Crippen molar-refractivity contribution in [3.8, 4) is 0 Å². The molecule has 0 radical (unpaired) electrons. The molecule has 1 heterocycles. The highest BCUT2D eigenvalue weighted by Gasteiger charge is 2.12. The van der Waals surface area contributed by atoms with Crippen molar-refractivity contribution < 1.29 is 14.3 Å². The molecule has 114 valence electrons. The van der Waals surface area contributed by atoms with Gasteiger partial charge in [-0.25, -0.2) is 5.43 Å². The Hall–Kier alpha value is -3.28. The Labute approximate surface area is 133 Å². The molecular formula is C17H15N4O2+. The first-order chi connectivity index (χ1) is 11.1. The van der Waals surface area contributed by atoms with Gasteiger partial charge in [0.05, 0.1) is 7.05 Å². The quantitative estimate of drug-likeness (QED) is 0.584. The number of hydrogen-bond acceptors (Lipinski definition) is 3. The van der Waals surface area contributed by atoms with Crippen LogP contribution in [0.1, 0.15) is 26.3 Å². The van der Waals surface area contributed by atoms with Gasteiger partial charge in [-0.05, 0) is 12.1 Å². The lowest BCUT2D eigenvalue weighted by Gasteiger charge is -2.04. The molecule has 0 aliphatic carbocycles. The van der Waals surface area contributed by atoms with Gasteiger partial charge in [-0.1, -0.05) is 42.5 Å². The lowest BCUT2D eigenvalue weighted by Crippen LogP contribution is -2.46. The maximum absolute atomic E-state index is 12.3. The number of carbonyl (C=O) groups is 2. The van der Waals surface area contributed by atoms with E-state index in [1.807, 2.05) is 18.2 Å². The fourth-order valence-electron chi connectivity index (χ4n) is 2.15. The van der Waals surface area contributed by atoms with Gasteiger partial charge >= 0.3 is 0 Å². The molecule has 0 bridgehead atoms. The van der Waals surface area contributed by atoms with Crippen molar-refractivity contribution in [1.82, 2.24) is 9.78 Å². The van der Waals surface area contributed by atoms with E-state index in [2.05, 4.69) is 10.5 Å². The van der Waals surface area contributed by atoms with Crippen molar-refractivity contribution in [3.05, 3.63) is 83.9 Å². The van der Waals surface area contributed by atoms with Crippen LogP contribution in [-0.2, 0) is 7.05 Å². The zero-order valence-corrected chi connectivity index (χ0v) is 12.5. The van der Waals surface area contributed by atoms with E-state index in [0.717, 1.165) is 0 Å². The number of carbonyl (C=O) groups excluding carboxylic acids is 2. The molecule has 3 rings (SSSR count). The lowest BCUT2D eigenvalue weighted by molar-refractivity contribution is -0.642. The van der Waals surface area contributed by atoms with Crippen molar-refractivity contribution in [2.45, 2.75) is 0 Å². The first-order valence-electron chi connectivity index (χ1n) is 7.04. The Morgan fingerprint density at radius 2 is 1.57 bits per heavy atom. The number of rotatable bonds is 4. The van der Waals surface area contributed by atoms with Crippen LogP contribution in [0.5, 0.6) is 0 Å². The van der Waals surface area contributed by atoms with Crippen LogP contribution in [0.4, 0.5) is 0 Å². The normalized spacial score (nSPS) is 10.3. The Bertz CT molecular complexity index is 839. The Balaban J connectivity index is 1.74. The van der Waals surface area contributed by atoms with Gasteiger partial charge in [0.1, 0.15) is 0 Å². The molecule has 1 aromatic heterocycles. The third-order valence-corrected chi connectivity index (χ3v) is 3.33. The molecule has 1 amide bonds. The summed E-state index contributed by atoms with van der Waals surface area (Å²) in [7, 11) is 1.76.